The minimum Gasteiger partial charge on any atom is -0.378 e. The number of hydrogen-bond acceptors (Lipinski definition) is 15. The lowest BCUT2D eigenvalue weighted by atomic mass is 10.1. The Morgan fingerprint density at radius 2 is 1.00 bits per heavy atom. The van der Waals surface area contributed by atoms with Crippen LogP contribution in [0, 0.1) is 32.6 Å². The molecule has 27 heteroatoms. The maximum absolute atomic E-state index is 13.0. The number of rotatable bonds is 18. The number of azide groups is 3. The first-order chi connectivity index (χ1) is 36.8. The van der Waals surface area contributed by atoms with Crippen LogP contribution in [0.1, 0.15) is 158 Å². The van der Waals surface area contributed by atoms with E-state index in [2.05, 4.69) is 30.1 Å². The van der Waals surface area contributed by atoms with Crippen LogP contribution < -0.4 is 33.7 Å². The minimum absolute atomic E-state index is 0.0159. The molecule has 3 fully saturated rings. The lowest BCUT2D eigenvalue weighted by molar-refractivity contribution is -0.0859. The fourth-order valence-corrected chi connectivity index (χ4v) is 9.08. The van der Waals surface area contributed by atoms with Gasteiger partial charge < -0.3 is 28.4 Å². The number of ether oxygens (including phenoxy) is 6. The Bertz CT molecular complexity index is 3090. The van der Waals surface area contributed by atoms with Gasteiger partial charge in [-0.1, -0.05) is 43.0 Å². The Kier molecular flexibility index (Phi) is 23.3. The van der Waals surface area contributed by atoms with Crippen molar-refractivity contribution in [1.29, 1.82) is 0 Å². The van der Waals surface area contributed by atoms with Crippen LogP contribution in [-0.2, 0) is 40.5 Å². The fraction of sp³-hybridized carbons (Fsp3) is 0.769. The first-order valence-corrected chi connectivity index (χ1v) is 26.8. The van der Waals surface area contributed by atoms with Crippen LogP contribution in [0.5, 0.6) is 0 Å². The molecule has 27 nitrogen and oxygen atoms in total. The molecular weight excluding hydrogens is 1030 g/mol. The molecule has 0 spiro atoms. The molecule has 3 unspecified atom stereocenters. The van der Waals surface area contributed by atoms with E-state index < -0.39 is 77.7 Å². The molecule has 79 heavy (non-hydrogen) atoms. The molecule has 0 aromatic carbocycles. The SMILES string of the molecule is Cc1cn([C@H]2CC(N=[N+]=[N-])[C@@H](COC(C)(C)C)O2)c(=O)n(C(C)(C)C)c1=O.Cc1cn([C@H]2CC(N=[N+]=[N-])[C@@H](COC(C)C)O2)c(=O)n(C(C)C)c1=O.Cc1cn([C@H]2CC(N=[N+]=[N-])[C@@H](COCC(C)C)O2)c(=O)n(CC(C)C)c1=O. The standard InChI is InChI=1S/2C18H29N5O4.C16H25N5O4/c1-11-9-22(16(25)23(15(11)24)17(2,3)4)14-8-12(20-21-19)13(27-14)10-26-18(5,6)7;1-11(2)7-23-17(24)13(5)8-22(18(23)25)16-6-14(20-21-19)15(27-16)10-26-9-12(3)4;1-9(2)21-15(22)11(5)7-20(16(21)23)14-6-12(18-19-17)13(25-14)8-24-10(3)4/h9,12-14H,8,10H2,1-7H3;8,11-12,14-16H,6-7,9-10H2,1-5H3;7,9-10,12-14H,6,8H2,1-5H3/t12?,13-,14-;14?,15-,16-;12?,13-,14-/m111/s1. The molecule has 438 valence electrons. The van der Waals surface area contributed by atoms with E-state index in [1.807, 2.05) is 62.3 Å². The predicted octanol–water partition coefficient (Wildman–Crippen LogP) is 7.76. The van der Waals surface area contributed by atoms with Crippen molar-refractivity contribution in [2.45, 2.75) is 222 Å². The Hall–Kier alpha value is -6.27. The average molecular weight is 1110 g/mol. The molecule has 0 saturated carbocycles. The van der Waals surface area contributed by atoms with E-state index in [4.69, 9.17) is 45.0 Å². The summed E-state index contributed by atoms with van der Waals surface area (Å²) in [4.78, 5) is 84.3. The molecule has 0 amide bonds. The lowest BCUT2D eigenvalue weighted by Crippen LogP contribution is -2.49. The van der Waals surface area contributed by atoms with Crippen LogP contribution in [0.3, 0.4) is 0 Å². The van der Waals surface area contributed by atoms with Crippen LogP contribution >= 0.6 is 0 Å². The largest absolute Gasteiger partial charge is 0.378 e. The highest BCUT2D eigenvalue weighted by molar-refractivity contribution is 5.08. The Morgan fingerprint density at radius 1 is 0.582 bits per heavy atom. The van der Waals surface area contributed by atoms with Crippen molar-refractivity contribution in [1.82, 2.24) is 27.4 Å². The summed E-state index contributed by atoms with van der Waals surface area (Å²) in [5.74, 6) is 0.535. The third kappa shape index (κ3) is 17.4. The van der Waals surface area contributed by atoms with E-state index >= 15 is 0 Å². The fourth-order valence-electron chi connectivity index (χ4n) is 9.08. The monoisotopic (exact) mass is 1110 g/mol. The Labute approximate surface area is 459 Å². The highest BCUT2D eigenvalue weighted by Gasteiger charge is 2.40. The van der Waals surface area contributed by atoms with Gasteiger partial charge in [0.05, 0.1) is 68.0 Å². The van der Waals surface area contributed by atoms with E-state index in [0.29, 0.717) is 55.0 Å². The van der Waals surface area contributed by atoms with Crippen molar-refractivity contribution in [2.75, 3.05) is 26.4 Å². The van der Waals surface area contributed by atoms with Crippen molar-refractivity contribution in [3.63, 3.8) is 0 Å². The summed E-state index contributed by atoms with van der Waals surface area (Å²) >= 11 is 0. The summed E-state index contributed by atoms with van der Waals surface area (Å²) in [5, 5.41) is 11.4. The summed E-state index contributed by atoms with van der Waals surface area (Å²) in [6.07, 6.45) is 2.45. The van der Waals surface area contributed by atoms with Gasteiger partial charge in [-0.05, 0) is 118 Å². The maximum atomic E-state index is 13.0. The lowest BCUT2D eigenvalue weighted by Gasteiger charge is -2.25. The van der Waals surface area contributed by atoms with Crippen LogP contribution in [0.4, 0.5) is 0 Å². The van der Waals surface area contributed by atoms with Crippen molar-refractivity contribution in [3.8, 4) is 0 Å². The van der Waals surface area contributed by atoms with E-state index in [-0.39, 0.29) is 60.2 Å². The zero-order valence-electron chi connectivity index (χ0n) is 49.0. The number of aromatic nitrogens is 6. The second kappa shape index (κ2) is 28.2. The van der Waals surface area contributed by atoms with Crippen molar-refractivity contribution in [3.05, 3.63) is 129 Å². The van der Waals surface area contributed by atoms with Gasteiger partial charge in [-0.25, -0.2) is 14.4 Å². The summed E-state index contributed by atoms with van der Waals surface area (Å²) in [6.45, 7) is 33.3. The van der Waals surface area contributed by atoms with Crippen molar-refractivity contribution < 1.29 is 28.4 Å². The van der Waals surface area contributed by atoms with Gasteiger partial charge in [-0.15, -0.1) is 0 Å². The first-order valence-electron chi connectivity index (χ1n) is 26.8. The van der Waals surface area contributed by atoms with Crippen LogP contribution in [0.25, 0.3) is 31.3 Å². The molecule has 3 aromatic heterocycles. The third-order valence-electron chi connectivity index (χ3n) is 12.9. The zero-order chi connectivity index (χ0) is 59.4. The van der Waals surface area contributed by atoms with E-state index in [9.17, 15) is 28.8 Å². The van der Waals surface area contributed by atoms with Gasteiger partial charge >= 0.3 is 17.1 Å². The van der Waals surface area contributed by atoms with Gasteiger partial charge in [0.1, 0.15) is 18.7 Å². The Balaban J connectivity index is 0.000000256. The molecule has 6 heterocycles. The predicted molar refractivity (Wildman–Crippen MR) is 296 cm³/mol. The average Bonchev–Trinajstić information content (AvgIpc) is 4.22. The highest BCUT2D eigenvalue weighted by atomic mass is 16.6. The molecule has 0 radical (unpaired) electrons. The molecular formula is C52H83N15O12. The second-order valence-corrected chi connectivity index (χ2v) is 23.5. The third-order valence-corrected chi connectivity index (χ3v) is 12.9. The molecule has 6 rings (SSSR count). The molecule has 3 saturated heterocycles. The smallest absolute Gasteiger partial charge is 0.333 e. The molecule has 3 aliphatic rings. The topological polar surface area (TPSA) is 334 Å². The summed E-state index contributed by atoms with van der Waals surface area (Å²) in [6, 6.07) is -1.57. The maximum Gasteiger partial charge on any atom is 0.333 e. The normalized spacial score (nSPS) is 23.0. The van der Waals surface area contributed by atoms with Gasteiger partial charge in [0.15, 0.2) is 0 Å². The molecule has 0 aliphatic carbocycles. The number of aryl methyl sites for hydroxylation is 3. The zero-order valence-corrected chi connectivity index (χ0v) is 49.0. The number of nitrogens with zero attached hydrogens (tertiary/aromatic N) is 15. The quantitative estimate of drug-likeness (QED) is 0.0670. The first kappa shape index (κ1) is 65.2. The van der Waals surface area contributed by atoms with Gasteiger partial charge in [0.25, 0.3) is 16.7 Å². The van der Waals surface area contributed by atoms with Gasteiger partial charge in [0, 0.05) is 94.0 Å². The summed E-state index contributed by atoms with van der Waals surface area (Å²) < 4.78 is 42.8. The van der Waals surface area contributed by atoms with Crippen LogP contribution in [-0.4, -0.2) is 102 Å². The van der Waals surface area contributed by atoms with E-state index in [1.165, 1.54) is 46.0 Å². The highest BCUT2D eigenvalue weighted by Crippen LogP contribution is 2.33. The molecule has 0 bridgehead atoms. The molecule has 3 aliphatic heterocycles. The van der Waals surface area contributed by atoms with Gasteiger partial charge in [0.2, 0.25) is 0 Å². The van der Waals surface area contributed by atoms with Crippen molar-refractivity contribution in [2.24, 2.45) is 27.2 Å². The van der Waals surface area contributed by atoms with E-state index in [0.717, 1.165) is 0 Å². The van der Waals surface area contributed by atoms with Gasteiger partial charge in [-0.3, -0.25) is 41.8 Å². The molecule has 9 atom stereocenters. The van der Waals surface area contributed by atoms with E-state index in [1.54, 1.807) is 55.4 Å². The summed E-state index contributed by atoms with van der Waals surface area (Å²) in [7, 11) is 0. The van der Waals surface area contributed by atoms with Crippen LogP contribution in [0.15, 0.2) is 62.7 Å². The van der Waals surface area contributed by atoms with Crippen LogP contribution in [0.2, 0.25) is 0 Å². The van der Waals surface area contributed by atoms with Crippen molar-refractivity contribution >= 4 is 0 Å². The number of hydrogen-bond donors (Lipinski definition) is 0. The second-order valence-electron chi connectivity index (χ2n) is 23.5. The van der Waals surface area contributed by atoms with Gasteiger partial charge in [-0.2, -0.15) is 0 Å². The summed E-state index contributed by atoms with van der Waals surface area (Å²) in [5.41, 5.74) is 24.6. The molecule has 3 aromatic rings. The molecule has 0 N–H and O–H groups in total. The minimum atomic E-state index is -0.667. The Morgan fingerprint density at radius 3 is 1.41 bits per heavy atom.